The van der Waals surface area contributed by atoms with Crippen LogP contribution in [0.4, 0.5) is 10.1 Å². The van der Waals surface area contributed by atoms with Gasteiger partial charge in [0, 0.05) is 37.2 Å². The van der Waals surface area contributed by atoms with E-state index in [2.05, 4.69) is 4.98 Å². The molecule has 0 saturated carbocycles. The first-order valence-electron chi connectivity index (χ1n) is 9.35. The smallest absolute Gasteiger partial charge is 0.253 e. The lowest BCUT2D eigenvalue weighted by molar-refractivity contribution is -0.120. The number of rotatable bonds is 4. The van der Waals surface area contributed by atoms with Crippen LogP contribution in [0.25, 0.3) is 0 Å². The Labute approximate surface area is 168 Å². The Morgan fingerprint density at radius 2 is 1.90 bits per heavy atom. The summed E-state index contributed by atoms with van der Waals surface area (Å²) in [5.74, 6) is -1.11. The van der Waals surface area contributed by atoms with Gasteiger partial charge < -0.3 is 9.80 Å². The fourth-order valence-electron chi connectivity index (χ4n) is 3.65. The first-order valence-corrected chi connectivity index (χ1v) is 9.35. The minimum Gasteiger partial charge on any atom is -0.341 e. The molecule has 0 bridgehead atoms. The second kappa shape index (κ2) is 7.83. The highest BCUT2D eigenvalue weighted by Gasteiger charge is 2.36. The molecular weight excluding hydrogens is 369 g/mol. The van der Waals surface area contributed by atoms with E-state index in [1.807, 2.05) is 24.3 Å². The minimum absolute atomic E-state index is 0.0924. The van der Waals surface area contributed by atoms with Gasteiger partial charge in [-0.2, -0.15) is 0 Å². The van der Waals surface area contributed by atoms with E-state index in [0.717, 1.165) is 11.1 Å². The Kier molecular flexibility index (Phi) is 5.08. The molecule has 1 aliphatic rings. The van der Waals surface area contributed by atoms with Crippen LogP contribution in [0, 0.1) is 5.82 Å². The van der Waals surface area contributed by atoms with E-state index >= 15 is 0 Å². The van der Waals surface area contributed by atoms with E-state index in [1.165, 1.54) is 12.1 Å². The molecule has 2 amide bonds. The van der Waals surface area contributed by atoms with E-state index in [4.69, 9.17) is 0 Å². The summed E-state index contributed by atoms with van der Waals surface area (Å²) in [6, 6.07) is 16.8. The molecule has 0 aliphatic carbocycles. The van der Waals surface area contributed by atoms with Crippen molar-refractivity contribution in [3.8, 4) is 0 Å². The summed E-state index contributed by atoms with van der Waals surface area (Å²) in [5, 5.41) is 0. The van der Waals surface area contributed by atoms with Crippen molar-refractivity contribution in [1.82, 2.24) is 9.88 Å². The molecule has 0 spiro atoms. The van der Waals surface area contributed by atoms with Crippen molar-refractivity contribution in [3.63, 3.8) is 0 Å². The van der Waals surface area contributed by atoms with Crippen molar-refractivity contribution >= 4 is 17.5 Å². The van der Waals surface area contributed by atoms with Gasteiger partial charge in [-0.1, -0.05) is 24.3 Å². The third kappa shape index (κ3) is 3.74. The predicted octanol–water partition coefficient (Wildman–Crippen LogP) is 3.62. The van der Waals surface area contributed by atoms with Crippen LogP contribution in [0.15, 0.2) is 73.1 Å². The zero-order valence-electron chi connectivity index (χ0n) is 16.0. The second-order valence-electron chi connectivity index (χ2n) is 7.09. The van der Waals surface area contributed by atoms with Crippen molar-refractivity contribution in [2.45, 2.75) is 12.5 Å². The van der Waals surface area contributed by atoms with Crippen LogP contribution >= 0.6 is 0 Å². The fourth-order valence-corrected chi connectivity index (χ4v) is 3.65. The van der Waals surface area contributed by atoms with E-state index in [-0.39, 0.29) is 17.6 Å². The molecule has 2 aromatic carbocycles. The lowest BCUT2D eigenvalue weighted by atomic mass is 9.88. The normalized spacial score (nSPS) is 15.7. The molecule has 29 heavy (non-hydrogen) atoms. The average molecular weight is 389 g/mol. The molecule has 0 fully saturated rings. The lowest BCUT2D eigenvalue weighted by Gasteiger charge is -2.34. The Hall–Kier alpha value is -3.54. The number of hydrogen-bond acceptors (Lipinski definition) is 3. The van der Waals surface area contributed by atoms with Gasteiger partial charge in [0.05, 0.1) is 12.5 Å². The second-order valence-corrected chi connectivity index (χ2v) is 7.09. The zero-order chi connectivity index (χ0) is 20.4. The SMILES string of the molecule is CN1CC(C(=O)N(Cc2cccnc2)c2ccc(F)cc2)c2ccccc2C1=O. The van der Waals surface area contributed by atoms with Crippen LogP contribution in [0.3, 0.4) is 0 Å². The Morgan fingerprint density at radius 3 is 2.62 bits per heavy atom. The maximum Gasteiger partial charge on any atom is 0.253 e. The molecule has 2 heterocycles. The zero-order valence-corrected chi connectivity index (χ0v) is 16.0. The van der Waals surface area contributed by atoms with Gasteiger partial charge in [-0.15, -0.1) is 0 Å². The van der Waals surface area contributed by atoms with Gasteiger partial charge in [-0.3, -0.25) is 14.6 Å². The number of anilines is 1. The van der Waals surface area contributed by atoms with E-state index < -0.39 is 5.92 Å². The van der Waals surface area contributed by atoms with Crippen LogP contribution in [0.1, 0.15) is 27.4 Å². The fraction of sp³-hybridized carbons (Fsp3) is 0.174. The number of amides is 2. The molecule has 1 aliphatic heterocycles. The first-order chi connectivity index (χ1) is 14.0. The molecule has 0 N–H and O–H groups in total. The number of carbonyl (C=O) groups is 2. The number of aromatic nitrogens is 1. The van der Waals surface area contributed by atoms with Crippen molar-refractivity contribution in [3.05, 3.63) is 95.6 Å². The molecule has 0 saturated heterocycles. The highest BCUT2D eigenvalue weighted by Crippen LogP contribution is 2.31. The number of benzene rings is 2. The van der Waals surface area contributed by atoms with Crippen molar-refractivity contribution in [1.29, 1.82) is 0 Å². The average Bonchev–Trinajstić information content (AvgIpc) is 2.76. The first kappa shape index (κ1) is 18.8. The summed E-state index contributed by atoms with van der Waals surface area (Å²) in [4.78, 5) is 33.5. The Bertz CT molecular complexity index is 1040. The van der Waals surface area contributed by atoms with Crippen molar-refractivity contribution < 1.29 is 14.0 Å². The van der Waals surface area contributed by atoms with Gasteiger partial charge in [-0.25, -0.2) is 4.39 Å². The highest BCUT2D eigenvalue weighted by atomic mass is 19.1. The number of pyridine rings is 1. The monoisotopic (exact) mass is 389 g/mol. The summed E-state index contributed by atoms with van der Waals surface area (Å²) in [6.07, 6.45) is 3.37. The van der Waals surface area contributed by atoms with Gasteiger partial charge >= 0.3 is 0 Å². The van der Waals surface area contributed by atoms with Gasteiger partial charge in [0.15, 0.2) is 0 Å². The summed E-state index contributed by atoms with van der Waals surface area (Å²) in [6.45, 7) is 0.591. The number of carbonyl (C=O) groups excluding carboxylic acids is 2. The van der Waals surface area contributed by atoms with Crippen LogP contribution in [0.5, 0.6) is 0 Å². The van der Waals surface area contributed by atoms with Crippen molar-refractivity contribution in [2.75, 3.05) is 18.5 Å². The summed E-state index contributed by atoms with van der Waals surface area (Å²) in [5.41, 5.74) is 2.72. The molecular formula is C23H20FN3O2. The highest BCUT2D eigenvalue weighted by molar-refractivity contribution is 6.04. The van der Waals surface area contributed by atoms with E-state index in [0.29, 0.717) is 24.3 Å². The third-order valence-electron chi connectivity index (χ3n) is 5.14. The van der Waals surface area contributed by atoms with E-state index in [9.17, 15) is 14.0 Å². The molecule has 6 heteroatoms. The molecule has 0 radical (unpaired) electrons. The van der Waals surface area contributed by atoms with Crippen molar-refractivity contribution in [2.24, 2.45) is 0 Å². The molecule has 1 atom stereocenters. The minimum atomic E-state index is -0.504. The van der Waals surface area contributed by atoms with Crippen LogP contribution in [-0.2, 0) is 11.3 Å². The Balaban J connectivity index is 1.74. The summed E-state index contributed by atoms with van der Waals surface area (Å²) >= 11 is 0. The topological polar surface area (TPSA) is 53.5 Å². The van der Waals surface area contributed by atoms with Crippen LogP contribution in [-0.4, -0.2) is 35.3 Å². The molecule has 1 unspecified atom stereocenters. The van der Waals surface area contributed by atoms with Gasteiger partial charge in [-0.05, 0) is 47.5 Å². The summed E-state index contributed by atoms with van der Waals surface area (Å²) in [7, 11) is 1.70. The van der Waals surface area contributed by atoms with E-state index in [1.54, 1.807) is 53.5 Å². The largest absolute Gasteiger partial charge is 0.341 e. The van der Waals surface area contributed by atoms with Gasteiger partial charge in [0.1, 0.15) is 5.82 Å². The molecule has 5 nitrogen and oxygen atoms in total. The van der Waals surface area contributed by atoms with Crippen LogP contribution in [0.2, 0.25) is 0 Å². The third-order valence-corrected chi connectivity index (χ3v) is 5.14. The van der Waals surface area contributed by atoms with Gasteiger partial charge in [0.25, 0.3) is 5.91 Å². The Morgan fingerprint density at radius 1 is 1.14 bits per heavy atom. The molecule has 3 aromatic rings. The summed E-state index contributed by atoms with van der Waals surface area (Å²) < 4.78 is 13.5. The predicted molar refractivity (Wildman–Crippen MR) is 108 cm³/mol. The lowest BCUT2D eigenvalue weighted by Crippen LogP contribution is -2.44. The molecule has 146 valence electrons. The van der Waals surface area contributed by atoms with Gasteiger partial charge in [0.2, 0.25) is 5.91 Å². The quantitative estimate of drug-likeness (QED) is 0.685. The maximum absolute atomic E-state index is 13.7. The number of nitrogens with zero attached hydrogens (tertiary/aromatic N) is 3. The molecule has 1 aromatic heterocycles. The maximum atomic E-state index is 13.7. The number of likely N-dealkylation sites (N-methyl/N-ethyl adjacent to an activating group) is 1. The van der Waals surface area contributed by atoms with Crippen LogP contribution < -0.4 is 4.90 Å². The number of fused-ring (bicyclic) bond motifs is 1. The number of halogens is 1. The standard InChI is InChI=1S/C23H20FN3O2/c1-26-15-21(19-6-2-3-7-20(19)22(26)28)23(29)27(14-16-5-4-12-25-13-16)18-10-8-17(24)9-11-18/h2-13,21H,14-15H2,1H3. The molecule has 4 rings (SSSR count). The number of hydrogen-bond donors (Lipinski definition) is 0.